The van der Waals surface area contributed by atoms with E-state index in [2.05, 4.69) is 10.2 Å². The van der Waals surface area contributed by atoms with Gasteiger partial charge in [-0.05, 0) is 49.6 Å². The first kappa shape index (κ1) is 17.9. The minimum absolute atomic E-state index is 0.278. The summed E-state index contributed by atoms with van der Waals surface area (Å²) in [6, 6.07) is 10.5. The zero-order valence-corrected chi connectivity index (χ0v) is 15.5. The molecule has 1 aliphatic rings. The Morgan fingerprint density at radius 2 is 1.88 bits per heavy atom. The maximum atomic E-state index is 12.8. The van der Waals surface area contributed by atoms with Crippen molar-refractivity contribution in [1.29, 1.82) is 0 Å². The molecule has 1 amide bonds. The number of piperidine rings is 1. The van der Waals surface area contributed by atoms with E-state index in [4.69, 9.17) is 27.9 Å². The van der Waals surface area contributed by atoms with Gasteiger partial charge in [-0.15, -0.1) is 0 Å². The maximum absolute atomic E-state index is 12.8. The monoisotopic (exact) mass is 378 g/mol. The quantitative estimate of drug-likeness (QED) is 0.790. The summed E-state index contributed by atoms with van der Waals surface area (Å²) in [6.45, 7) is 1.88. The van der Waals surface area contributed by atoms with Gasteiger partial charge >= 0.3 is 0 Å². The van der Waals surface area contributed by atoms with Crippen molar-refractivity contribution in [1.82, 2.24) is 0 Å². The number of methoxy groups -OCH3 is 1. The van der Waals surface area contributed by atoms with Crippen molar-refractivity contribution in [3.8, 4) is 5.75 Å². The van der Waals surface area contributed by atoms with Crippen LogP contribution in [0, 0.1) is 0 Å². The van der Waals surface area contributed by atoms with Crippen molar-refractivity contribution >= 4 is 40.5 Å². The fourth-order valence-corrected chi connectivity index (χ4v) is 3.57. The second-order valence-corrected chi connectivity index (χ2v) is 6.83. The van der Waals surface area contributed by atoms with E-state index in [1.165, 1.54) is 13.5 Å². The number of halogens is 2. The van der Waals surface area contributed by atoms with Crippen LogP contribution in [0.3, 0.4) is 0 Å². The number of carbonyl (C=O) groups is 1. The van der Waals surface area contributed by atoms with Crippen LogP contribution in [0.15, 0.2) is 36.4 Å². The Morgan fingerprint density at radius 3 is 2.60 bits per heavy atom. The first-order valence-corrected chi connectivity index (χ1v) is 9.04. The Balaban J connectivity index is 1.91. The van der Waals surface area contributed by atoms with Crippen LogP contribution in [0.2, 0.25) is 10.0 Å². The third-order valence-electron chi connectivity index (χ3n) is 4.31. The topological polar surface area (TPSA) is 41.6 Å². The predicted octanol–water partition coefficient (Wildman–Crippen LogP) is 5.24. The van der Waals surface area contributed by atoms with Gasteiger partial charge in [0.2, 0.25) is 0 Å². The van der Waals surface area contributed by atoms with Crippen LogP contribution in [-0.4, -0.2) is 26.1 Å². The molecule has 0 saturated carbocycles. The largest absolute Gasteiger partial charge is 0.496 e. The van der Waals surface area contributed by atoms with Crippen molar-refractivity contribution in [2.75, 3.05) is 30.4 Å². The molecule has 1 N–H and O–H groups in total. The SMILES string of the molecule is COc1ccc(Cl)cc1C(=O)Nc1cccc(Cl)c1N1CCCCC1. The summed E-state index contributed by atoms with van der Waals surface area (Å²) in [4.78, 5) is 15.0. The number of anilines is 2. The van der Waals surface area contributed by atoms with Crippen LogP contribution in [0.25, 0.3) is 0 Å². The summed E-state index contributed by atoms with van der Waals surface area (Å²) in [7, 11) is 1.53. The van der Waals surface area contributed by atoms with Gasteiger partial charge in [0, 0.05) is 18.1 Å². The van der Waals surface area contributed by atoms with E-state index in [-0.39, 0.29) is 5.91 Å². The molecule has 0 aromatic heterocycles. The lowest BCUT2D eigenvalue weighted by molar-refractivity contribution is 0.102. The Morgan fingerprint density at radius 1 is 1.12 bits per heavy atom. The van der Waals surface area contributed by atoms with Gasteiger partial charge < -0.3 is 15.0 Å². The molecule has 0 aliphatic carbocycles. The Hall–Kier alpha value is -1.91. The molecular formula is C19H20Cl2N2O2. The molecular weight excluding hydrogens is 359 g/mol. The highest BCUT2D eigenvalue weighted by atomic mass is 35.5. The van der Waals surface area contributed by atoms with E-state index in [0.29, 0.717) is 27.0 Å². The number of nitrogens with zero attached hydrogens (tertiary/aromatic N) is 1. The summed E-state index contributed by atoms with van der Waals surface area (Å²) in [6.07, 6.45) is 3.48. The van der Waals surface area contributed by atoms with Gasteiger partial charge in [0.05, 0.1) is 29.1 Å². The number of ether oxygens (including phenoxy) is 1. The van der Waals surface area contributed by atoms with Gasteiger partial charge in [0.1, 0.15) is 5.75 Å². The van der Waals surface area contributed by atoms with E-state index < -0.39 is 0 Å². The molecule has 0 radical (unpaired) electrons. The third kappa shape index (κ3) is 4.02. The number of benzene rings is 2. The molecule has 6 heteroatoms. The lowest BCUT2D eigenvalue weighted by Crippen LogP contribution is -2.30. The van der Waals surface area contributed by atoms with Crippen molar-refractivity contribution in [2.45, 2.75) is 19.3 Å². The van der Waals surface area contributed by atoms with Gasteiger partial charge in [0.25, 0.3) is 5.91 Å². The molecule has 25 heavy (non-hydrogen) atoms. The van der Waals surface area contributed by atoms with Crippen LogP contribution in [-0.2, 0) is 0 Å². The van der Waals surface area contributed by atoms with Gasteiger partial charge in [-0.2, -0.15) is 0 Å². The lowest BCUT2D eigenvalue weighted by atomic mass is 10.1. The second-order valence-electron chi connectivity index (χ2n) is 5.98. The predicted molar refractivity (Wildman–Crippen MR) is 103 cm³/mol. The summed E-state index contributed by atoms with van der Waals surface area (Å²) < 4.78 is 5.27. The number of hydrogen-bond donors (Lipinski definition) is 1. The lowest BCUT2D eigenvalue weighted by Gasteiger charge is -2.31. The van der Waals surface area contributed by atoms with E-state index in [0.717, 1.165) is 31.6 Å². The minimum atomic E-state index is -0.278. The normalized spacial score (nSPS) is 14.3. The summed E-state index contributed by atoms with van der Waals surface area (Å²) >= 11 is 12.5. The van der Waals surface area contributed by atoms with Crippen LogP contribution in [0.4, 0.5) is 11.4 Å². The van der Waals surface area contributed by atoms with Crippen LogP contribution >= 0.6 is 23.2 Å². The summed E-state index contributed by atoms with van der Waals surface area (Å²) in [5.41, 5.74) is 1.96. The molecule has 1 heterocycles. The molecule has 0 bridgehead atoms. The van der Waals surface area contributed by atoms with E-state index >= 15 is 0 Å². The standard InChI is InChI=1S/C19H20Cl2N2O2/c1-25-17-9-8-13(20)12-14(17)19(24)22-16-7-5-6-15(21)18(16)23-10-3-2-4-11-23/h5-9,12H,2-4,10-11H2,1H3,(H,22,24). The van der Waals surface area contributed by atoms with Crippen molar-refractivity contribution in [3.05, 3.63) is 52.0 Å². The van der Waals surface area contributed by atoms with Crippen molar-refractivity contribution in [2.24, 2.45) is 0 Å². The highest BCUT2D eigenvalue weighted by molar-refractivity contribution is 6.34. The number of amides is 1. The van der Waals surface area contributed by atoms with E-state index in [1.807, 2.05) is 18.2 Å². The van der Waals surface area contributed by atoms with Crippen LogP contribution in [0.1, 0.15) is 29.6 Å². The number of carbonyl (C=O) groups excluding carboxylic acids is 1. The number of nitrogens with one attached hydrogen (secondary N) is 1. The Kier molecular flexibility index (Phi) is 5.71. The first-order valence-electron chi connectivity index (χ1n) is 8.28. The fourth-order valence-electron chi connectivity index (χ4n) is 3.10. The molecule has 4 nitrogen and oxygen atoms in total. The van der Waals surface area contributed by atoms with Gasteiger partial charge in [-0.3, -0.25) is 4.79 Å². The fraction of sp³-hybridized carbons (Fsp3) is 0.316. The molecule has 0 atom stereocenters. The molecule has 132 valence electrons. The zero-order valence-electron chi connectivity index (χ0n) is 14.0. The zero-order chi connectivity index (χ0) is 17.8. The van der Waals surface area contributed by atoms with Crippen LogP contribution in [0.5, 0.6) is 5.75 Å². The molecule has 1 fully saturated rings. The van der Waals surface area contributed by atoms with Gasteiger partial charge in [-0.1, -0.05) is 29.3 Å². The molecule has 2 aromatic carbocycles. The summed E-state index contributed by atoms with van der Waals surface area (Å²) in [5, 5.41) is 4.08. The summed E-state index contributed by atoms with van der Waals surface area (Å²) in [5.74, 6) is 0.198. The molecule has 0 unspecified atom stereocenters. The van der Waals surface area contributed by atoms with Crippen molar-refractivity contribution in [3.63, 3.8) is 0 Å². The van der Waals surface area contributed by atoms with E-state index in [9.17, 15) is 4.79 Å². The Bertz CT molecular complexity index is 774. The average Bonchev–Trinajstić information content (AvgIpc) is 2.62. The van der Waals surface area contributed by atoms with Crippen molar-refractivity contribution < 1.29 is 9.53 Å². The minimum Gasteiger partial charge on any atom is -0.496 e. The molecule has 0 spiro atoms. The van der Waals surface area contributed by atoms with Gasteiger partial charge in [-0.25, -0.2) is 0 Å². The second kappa shape index (κ2) is 7.98. The van der Waals surface area contributed by atoms with E-state index in [1.54, 1.807) is 18.2 Å². The number of hydrogen-bond acceptors (Lipinski definition) is 3. The maximum Gasteiger partial charge on any atom is 0.259 e. The molecule has 3 rings (SSSR count). The third-order valence-corrected chi connectivity index (χ3v) is 4.85. The highest BCUT2D eigenvalue weighted by Gasteiger charge is 2.20. The number of para-hydroxylation sites is 1. The molecule has 1 aliphatic heterocycles. The first-order chi connectivity index (χ1) is 12.1. The molecule has 1 saturated heterocycles. The Labute approximate surface area is 157 Å². The van der Waals surface area contributed by atoms with Gasteiger partial charge in [0.15, 0.2) is 0 Å². The molecule has 2 aromatic rings. The smallest absolute Gasteiger partial charge is 0.259 e. The highest BCUT2D eigenvalue weighted by Crippen LogP contribution is 2.36. The average molecular weight is 379 g/mol. The van der Waals surface area contributed by atoms with Crippen LogP contribution < -0.4 is 15.0 Å². The number of rotatable bonds is 4.